The highest BCUT2D eigenvalue weighted by Gasteiger charge is 2.11. The molecule has 3 heterocycles. The van der Waals surface area contributed by atoms with Gasteiger partial charge in [0.05, 0.1) is 5.56 Å². The standard InChI is InChI=1S/C19H22N6O2/c1-13(2)9-22-19(27)23-10-14-5-7-21-17(8-14)25-18(26)16(12-24-25)15-4-3-6-20-11-15/h3-8,11-13,24H,9-10H2,1-2H3,(H2,22,23,27). The van der Waals surface area contributed by atoms with Crippen LogP contribution in [0.2, 0.25) is 0 Å². The molecule has 0 aliphatic rings. The Bertz CT molecular complexity index is 962. The van der Waals surface area contributed by atoms with E-state index in [4.69, 9.17) is 0 Å². The summed E-state index contributed by atoms with van der Waals surface area (Å²) >= 11 is 0. The van der Waals surface area contributed by atoms with Gasteiger partial charge in [-0.1, -0.05) is 19.9 Å². The number of urea groups is 1. The highest BCUT2D eigenvalue weighted by atomic mass is 16.2. The Morgan fingerprint density at radius 1 is 1.26 bits per heavy atom. The fourth-order valence-corrected chi connectivity index (χ4v) is 2.50. The molecule has 3 aromatic rings. The van der Waals surface area contributed by atoms with Crippen LogP contribution in [0.1, 0.15) is 19.4 Å². The first-order chi connectivity index (χ1) is 13.0. The molecule has 3 rings (SSSR count). The monoisotopic (exact) mass is 366 g/mol. The number of rotatable bonds is 6. The molecular formula is C19H22N6O2. The van der Waals surface area contributed by atoms with E-state index in [-0.39, 0.29) is 11.6 Å². The lowest BCUT2D eigenvalue weighted by molar-refractivity contribution is 0.239. The maximum Gasteiger partial charge on any atom is 0.315 e. The van der Waals surface area contributed by atoms with Gasteiger partial charge in [-0.05, 0) is 29.7 Å². The fraction of sp³-hybridized carbons (Fsp3) is 0.263. The van der Waals surface area contributed by atoms with Crippen LogP contribution >= 0.6 is 0 Å². The third-order valence-corrected chi connectivity index (χ3v) is 3.91. The van der Waals surface area contributed by atoms with E-state index in [1.54, 1.807) is 43.0 Å². The van der Waals surface area contributed by atoms with E-state index in [1.165, 1.54) is 4.68 Å². The van der Waals surface area contributed by atoms with Gasteiger partial charge in [-0.2, -0.15) is 0 Å². The second-order valence-electron chi connectivity index (χ2n) is 6.55. The number of H-pyrrole nitrogens is 1. The summed E-state index contributed by atoms with van der Waals surface area (Å²) in [6.45, 7) is 5.01. The van der Waals surface area contributed by atoms with Gasteiger partial charge in [0.1, 0.15) is 0 Å². The van der Waals surface area contributed by atoms with E-state index in [9.17, 15) is 9.59 Å². The van der Waals surface area contributed by atoms with Crippen LogP contribution in [-0.4, -0.2) is 32.3 Å². The van der Waals surface area contributed by atoms with Crippen molar-refractivity contribution in [3.63, 3.8) is 0 Å². The number of aromatic nitrogens is 4. The minimum atomic E-state index is -0.224. The van der Waals surface area contributed by atoms with E-state index in [1.807, 2.05) is 19.9 Å². The number of carbonyl (C=O) groups is 1. The molecule has 8 heteroatoms. The maximum atomic E-state index is 12.7. The summed E-state index contributed by atoms with van der Waals surface area (Å²) < 4.78 is 1.37. The smallest absolute Gasteiger partial charge is 0.315 e. The van der Waals surface area contributed by atoms with Crippen LogP contribution in [0.15, 0.2) is 53.8 Å². The first-order valence-corrected chi connectivity index (χ1v) is 8.72. The summed E-state index contributed by atoms with van der Waals surface area (Å²) in [6, 6.07) is 6.93. The molecule has 0 bridgehead atoms. The lowest BCUT2D eigenvalue weighted by Gasteiger charge is -2.10. The molecule has 140 valence electrons. The topological polar surface area (TPSA) is 105 Å². The van der Waals surface area contributed by atoms with Crippen molar-refractivity contribution in [2.45, 2.75) is 20.4 Å². The van der Waals surface area contributed by atoms with Gasteiger partial charge in [0.15, 0.2) is 5.82 Å². The van der Waals surface area contributed by atoms with Gasteiger partial charge in [-0.15, -0.1) is 0 Å². The van der Waals surface area contributed by atoms with Crippen LogP contribution in [0, 0.1) is 5.92 Å². The molecule has 3 aromatic heterocycles. The Kier molecular flexibility index (Phi) is 5.65. The molecule has 0 atom stereocenters. The molecule has 0 saturated heterocycles. The first-order valence-electron chi connectivity index (χ1n) is 8.72. The Labute approximate surface area is 156 Å². The molecule has 27 heavy (non-hydrogen) atoms. The van der Waals surface area contributed by atoms with Crippen LogP contribution < -0.4 is 16.2 Å². The average molecular weight is 366 g/mol. The minimum absolute atomic E-state index is 0.213. The van der Waals surface area contributed by atoms with Gasteiger partial charge in [0.2, 0.25) is 0 Å². The Balaban J connectivity index is 1.74. The number of hydrogen-bond donors (Lipinski definition) is 3. The van der Waals surface area contributed by atoms with Gasteiger partial charge >= 0.3 is 6.03 Å². The number of aromatic amines is 1. The number of nitrogens with zero attached hydrogens (tertiary/aromatic N) is 3. The Hall–Kier alpha value is -3.42. The lowest BCUT2D eigenvalue weighted by atomic mass is 10.2. The van der Waals surface area contributed by atoms with Gasteiger partial charge in [-0.3, -0.25) is 14.9 Å². The van der Waals surface area contributed by atoms with Crippen molar-refractivity contribution in [1.82, 2.24) is 30.4 Å². The molecule has 0 spiro atoms. The maximum absolute atomic E-state index is 12.7. The lowest BCUT2D eigenvalue weighted by Crippen LogP contribution is -2.37. The second kappa shape index (κ2) is 8.31. The Morgan fingerprint density at radius 3 is 2.85 bits per heavy atom. The molecule has 8 nitrogen and oxygen atoms in total. The summed E-state index contributed by atoms with van der Waals surface area (Å²) in [5, 5.41) is 8.52. The van der Waals surface area contributed by atoms with Crippen LogP contribution in [0.5, 0.6) is 0 Å². The van der Waals surface area contributed by atoms with E-state index in [2.05, 4.69) is 25.7 Å². The number of amides is 2. The zero-order valence-corrected chi connectivity index (χ0v) is 15.3. The van der Waals surface area contributed by atoms with Crippen molar-refractivity contribution in [1.29, 1.82) is 0 Å². The predicted molar refractivity (Wildman–Crippen MR) is 102 cm³/mol. The molecular weight excluding hydrogens is 344 g/mol. The van der Waals surface area contributed by atoms with E-state index < -0.39 is 0 Å². The average Bonchev–Trinajstić information content (AvgIpc) is 3.07. The normalized spacial score (nSPS) is 10.8. The van der Waals surface area contributed by atoms with Crippen molar-refractivity contribution in [3.05, 3.63) is 65.0 Å². The summed E-state index contributed by atoms with van der Waals surface area (Å²) in [7, 11) is 0. The predicted octanol–water partition coefficient (Wildman–Crippen LogP) is 2.08. The Morgan fingerprint density at radius 2 is 2.11 bits per heavy atom. The molecule has 0 radical (unpaired) electrons. The molecule has 3 N–H and O–H groups in total. The summed E-state index contributed by atoms with van der Waals surface area (Å²) in [5.41, 5.74) is 1.87. The fourth-order valence-electron chi connectivity index (χ4n) is 2.50. The molecule has 2 amide bonds. The molecule has 0 saturated carbocycles. The van der Waals surface area contributed by atoms with E-state index in [0.29, 0.717) is 30.4 Å². The zero-order valence-electron chi connectivity index (χ0n) is 15.3. The van der Waals surface area contributed by atoms with Crippen LogP contribution in [-0.2, 0) is 6.54 Å². The molecule has 0 aliphatic heterocycles. The van der Waals surface area contributed by atoms with Crippen molar-refractivity contribution >= 4 is 6.03 Å². The van der Waals surface area contributed by atoms with Gasteiger partial charge in [-0.25, -0.2) is 14.5 Å². The molecule has 0 aromatic carbocycles. The number of nitrogens with one attached hydrogen (secondary N) is 3. The van der Waals surface area contributed by atoms with Crippen molar-refractivity contribution in [2.24, 2.45) is 5.92 Å². The van der Waals surface area contributed by atoms with Gasteiger partial charge < -0.3 is 10.6 Å². The summed E-state index contributed by atoms with van der Waals surface area (Å²) in [6.07, 6.45) is 6.53. The second-order valence-corrected chi connectivity index (χ2v) is 6.55. The minimum Gasteiger partial charge on any atom is -0.338 e. The highest BCUT2D eigenvalue weighted by molar-refractivity contribution is 5.73. The number of carbonyl (C=O) groups excluding carboxylic acids is 1. The zero-order chi connectivity index (χ0) is 19.2. The molecule has 0 fully saturated rings. The number of pyridine rings is 2. The van der Waals surface area contributed by atoms with Crippen molar-refractivity contribution < 1.29 is 4.79 Å². The number of hydrogen-bond acceptors (Lipinski definition) is 4. The van der Waals surface area contributed by atoms with E-state index in [0.717, 1.165) is 11.1 Å². The van der Waals surface area contributed by atoms with E-state index >= 15 is 0 Å². The van der Waals surface area contributed by atoms with Crippen LogP contribution in [0.25, 0.3) is 16.9 Å². The first kappa shape index (κ1) is 18.4. The largest absolute Gasteiger partial charge is 0.338 e. The van der Waals surface area contributed by atoms with Crippen LogP contribution in [0.4, 0.5) is 4.79 Å². The summed E-state index contributed by atoms with van der Waals surface area (Å²) in [5.74, 6) is 0.842. The van der Waals surface area contributed by atoms with Crippen LogP contribution in [0.3, 0.4) is 0 Å². The molecule has 0 aliphatic carbocycles. The highest BCUT2D eigenvalue weighted by Crippen LogP contribution is 2.13. The summed E-state index contributed by atoms with van der Waals surface area (Å²) in [4.78, 5) is 32.8. The third kappa shape index (κ3) is 4.60. The van der Waals surface area contributed by atoms with Gasteiger partial charge in [0, 0.05) is 43.4 Å². The van der Waals surface area contributed by atoms with Gasteiger partial charge in [0.25, 0.3) is 5.56 Å². The van der Waals surface area contributed by atoms with Crippen molar-refractivity contribution in [2.75, 3.05) is 6.54 Å². The van der Waals surface area contributed by atoms with Crippen molar-refractivity contribution in [3.8, 4) is 16.9 Å². The third-order valence-electron chi connectivity index (χ3n) is 3.91. The molecule has 0 unspecified atom stereocenters. The quantitative estimate of drug-likeness (QED) is 0.621. The SMILES string of the molecule is CC(C)CNC(=O)NCc1ccnc(-n2[nH]cc(-c3cccnc3)c2=O)c1.